The van der Waals surface area contributed by atoms with E-state index in [1.54, 1.807) is 0 Å². The Hall–Kier alpha value is -1.01. The summed E-state index contributed by atoms with van der Waals surface area (Å²) >= 11 is 0. The molecule has 2 unspecified atom stereocenters. The van der Waals surface area contributed by atoms with Crippen LogP contribution in [0.2, 0.25) is 0 Å². The molecule has 1 aromatic rings. The van der Waals surface area contributed by atoms with E-state index in [1.807, 2.05) is 6.92 Å². The normalized spacial score (nSPS) is 23.8. The van der Waals surface area contributed by atoms with Gasteiger partial charge in [-0.05, 0) is 31.5 Å². The maximum absolute atomic E-state index is 13.9. The zero-order valence-electron chi connectivity index (χ0n) is 12.1. The van der Waals surface area contributed by atoms with Gasteiger partial charge in [-0.15, -0.1) is 0 Å². The Bertz CT molecular complexity index is 589. The predicted molar refractivity (Wildman–Crippen MR) is 77.9 cm³/mol. The van der Waals surface area contributed by atoms with E-state index in [2.05, 4.69) is 5.32 Å². The number of hydrogen-bond donors (Lipinski definition) is 1. The molecule has 1 aliphatic rings. The molecule has 6 heteroatoms. The first kappa shape index (κ1) is 16.4. The molecule has 1 aromatic carbocycles. The minimum Gasteiger partial charge on any atom is -0.313 e. The van der Waals surface area contributed by atoms with Gasteiger partial charge in [-0.1, -0.05) is 26.2 Å². The summed E-state index contributed by atoms with van der Waals surface area (Å²) in [5.41, 5.74) is 0. The Balaban J connectivity index is 2.39. The molecule has 0 saturated heterocycles. The van der Waals surface area contributed by atoms with Gasteiger partial charge in [0, 0.05) is 12.1 Å². The van der Waals surface area contributed by atoms with Crippen LogP contribution < -0.4 is 5.32 Å². The van der Waals surface area contributed by atoms with Crippen LogP contribution in [0.3, 0.4) is 0 Å². The van der Waals surface area contributed by atoms with Gasteiger partial charge in [-0.3, -0.25) is 0 Å². The van der Waals surface area contributed by atoms with E-state index in [4.69, 9.17) is 0 Å². The highest BCUT2D eigenvalue weighted by molar-refractivity contribution is 7.92. The molecule has 21 heavy (non-hydrogen) atoms. The fourth-order valence-electron chi connectivity index (χ4n) is 3.01. The third-order valence-electron chi connectivity index (χ3n) is 4.02. The molecule has 0 aliphatic heterocycles. The average Bonchev–Trinajstić information content (AvgIpc) is 2.64. The third-order valence-corrected chi connectivity index (χ3v) is 6.32. The summed E-state index contributed by atoms with van der Waals surface area (Å²) in [5.74, 6) is -1.77. The van der Waals surface area contributed by atoms with Crippen molar-refractivity contribution in [3.05, 3.63) is 29.8 Å². The van der Waals surface area contributed by atoms with Crippen molar-refractivity contribution in [2.24, 2.45) is 0 Å². The Morgan fingerprint density at radius 2 is 1.90 bits per heavy atom. The van der Waals surface area contributed by atoms with Gasteiger partial charge in [0.1, 0.15) is 16.5 Å². The van der Waals surface area contributed by atoms with Crippen molar-refractivity contribution in [2.45, 2.75) is 55.2 Å². The second kappa shape index (κ2) is 6.83. The number of nitrogens with one attached hydrogen (secondary N) is 1. The van der Waals surface area contributed by atoms with Crippen LogP contribution in [-0.4, -0.2) is 26.3 Å². The molecule has 3 nitrogen and oxygen atoms in total. The van der Waals surface area contributed by atoms with Crippen molar-refractivity contribution < 1.29 is 17.2 Å². The fraction of sp³-hybridized carbons (Fsp3) is 0.600. The summed E-state index contributed by atoms with van der Waals surface area (Å²) < 4.78 is 52.4. The zero-order valence-corrected chi connectivity index (χ0v) is 12.9. The Kier molecular flexibility index (Phi) is 5.32. The number of sulfone groups is 1. The van der Waals surface area contributed by atoms with Crippen molar-refractivity contribution in [2.75, 3.05) is 6.54 Å². The van der Waals surface area contributed by atoms with Crippen molar-refractivity contribution >= 4 is 9.84 Å². The molecule has 0 amide bonds. The molecule has 0 bridgehead atoms. The van der Waals surface area contributed by atoms with Crippen LogP contribution in [0.15, 0.2) is 23.1 Å². The maximum Gasteiger partial charge on any atom is 0.185 e. The van der Waals surface area contributed by atoms with E-state index in [9.17, 15) is 17.2 Å². The summed E-state index contributed by atoms with van der Waals surface area (Å²) in [6.07, 6.45) is 4.04. The minimum absolute atomic E-state index is 0.174. The van der Waals surface area contributed by atoms with Crippen LogP contribution in [-0.2, 0) is 9.84 Å². The Morgan fingerprint density at radius 1 is 1.19 bits per heavy atom. The zero-order chi connectivity index (χ0) is 15.5. The standard InChI is InChI=1S/C15H21F2NO2S/c1-2-18-13-6-4-3-5-7-15(13)21(19,20)14-9-8-11(16)10-12(14)17/h8-10,13,15,18H,2-7H2,1H3. The molecule has 1 fully saturated rings. The molecule has 0 heterocycles. The van der Waals surface area contributed by atoms with Crippen molar-refractivity contribution in [3.63, 3.8) is 0 Å². The molecule has 2 rings (SSSR count). The molecule has 118 valence electrons. The summed E-state index contributed by atoms with van der Waals surface area (Å²) in [5, 5.41) is 2.55. The van der Waals surface area contributed by atoms with Crippen LogP contribution >= 0.6 is 0 Å². The largest absolute Gasteiger partial charge is 0.313 e. The Labute approximate surface area is 124 Å². The Morgan fingerprint density at radius 3 is 2.57 bits per heavy atom. The molecule has 1 saturated carbocycles. The lowest BCUT2D eigenvalue weighted by Crippen LogP contribution is -2.43. The van der Waals surface area contributed by atoms with Gasteiger partial charge < -0.3 is 5.32 Å². The van der Waals surface area contributed by atoms with Crippen LogP contribution in [0.5, 0.6) is 0 Å². The average molecular weight is 317 g/mol. The number of hydrogen-bond acceptors (Lipinski definition) is 3. The summed E-state index contributed by atoms with van der Waals surface area (Å²) in [7, 11) is -3.81. The van der Waals surface area contributed by atoms with Gasteiger partial charge in [0.25, 0.3) is 0 Å². The van der Waals surface area contributed by atoms with Crippen LogP contribution in [0.25, 0.3) is 0 Å². The van der Waals surface area contributed by atoms with Gasteiger partial charge in [-0.25, -0.2) is 17.2 Å². The van der Waals surface area contributed by atoms with E-state index in [-0.39, 0.29) is 6.04 Å². The third kappa shape index (κ3) is 3.61. The molecule has 0 aromatic heterocycles. The lowest BCUT2D eigenvalue weighted by molar-refractivity contribution is 0.457. The van der Waals surface area contributed by atoms with E-state index >= 15 is 0 Å². The molecule has 1 aliphatic carbocycles. The topological polar surface area (TPSA) is 46.2 Å². The quantitative estimate of drug-likeness (QED) is 0.686. The van der Waals surface area contributed by atoms with E-state index in [0.29, 0.717) is 19.0 Å². The molecular formula is C15H21F2NO2S. The van der Waals surface area contributed by atoms with Crippen molar-refractivity contribution in [1.29, 1.82) is 0 Å². The lowest BCUT2D eigenvalue weighted by Gasteiger charge is -2.26. The second-order valence-corrected chi connectivity index (χ2v) is 7.60. The highest BCUT2D eigenvalue weighted by Gasteiger charge is 2.36. The minimum atomic E-state index is -3.81. The van der Waals surface area contributed by atoms with Crippen LogP contribution in [0.1, 0.15) is 39.0 Å². The van der Waals surface area contributed by atoms with Gasteiger partial charge >= 0.3 is 0 Å². The number of rotatable bonds is 4. The molecule has 0 spiro atoms. The van der Waals surface area contributed by atoms with Crippen molar-refractivity contribution in [1.82, 2.24) is 5.32 Å². The van der Waals surface area contributed by atoms with Gasteiger partial charge in [0.15, 0.2) is 9.84 Å². The molecule has 0 radical (unpaired) electrons. The number of benzene rings is 1. The SMILES string of the molecule is CCNC1CCCCCC1S(=O)(=O)c1ccc(F)cc1F. The van der Waals surface area contributed by atoms with Crippen LogP contribution in [0, 0.1) is 11.6 Å². The van der Waals surface area contributed by atoms with Crippen LogP contribution in [0.4, 0.5) is 8.78 Å². The van der Waals surface area contributed by atoms with Gasteiger partial charge in [0.2, 0.25) is 0 Å². The summed E-state index contributed by atoms with van der Waals surface area (Å²) in [4.78, 5) is -0.390. The van der Waals surface area contributed by atoms with Crippen molar-refractivity contribution in [3.8, 4) is 0 Å². The second-order valence-electron chi connectivity index (χ2n) is 5.46. The van der Waals surface area contributed by atoms with Gasteiger partial charge in [0.05, 0.1) is 5.25 Å². The van der Waals surface area contributed by atoms with Gasteiger partial charge in [-0.2, -0.15) is 0 Å². The molecule has 2 atom stereocenters. The first-order valence-corrected chi connectivity index (χ1v) is 8.93. The molecule has 1 N–H and O–H groups in total. The predicted octanol–water partition coefficient (Wildman–Crippen LogP) is 3.05. The highest BCUT2D eigenvalue weighted by Crippen LogP contribution is 2.29. The number of halogens is 2. The smallest absolute Gasteiger partial charge is 0.185 e. The summed E-state index contributed by atoms with van der Waals surface area (Å²) in [6, 6.07) is 2.49. The first-order chi connectivity index (χ1) is 9.96. The van der Waals surface area contributed by atoms with E-state index in [0.717, 1.165) is 37.8 Å². The monoisotopic (exact) mass is 317 g/mol. The first-order valence-electron chi connectivity index (χ1n) is 7.39. The highest BCUT2D eigenvalue weighted by atomic mass is 32.2. The lowest BCUT2D eigenvalue weighted by atomic mass is 10.1. The fourth-order valence-corrected chi connectivity index (χ4v) is 5.07. The molecular weight excluding hydrogens is 296 g/mol. The maximum atomic E-state index is 13.9. The summed E-state index contributed by atoms with van der Waals surface area (Å²) in [6.45, 7) is 2.59. The van der Waals surface area contributed by atoms with E-state index in [1.165, 1.54) is 0 Å². The van der Waals surface area contributed by atoms with E-state index < -0.39 is 31.6 Å².